The van der Waals surface area contributed by atoms with Crippen LogP contribution in [0.25, 0.3) is 0 Å². The molecule has 19 heavy (non-hydrogen) atoms. The van der Waals surface area contributed by atoms with E-state index in [2.05, 4.69) is 11.4 Å². The fourth-order valence-electron chi connectivity index (χ4n) is 2.21. The SMILES string of the molecule is O=C(O)Cc1cccc(NC(=O)[C@@H]2CC=CCC2)c1. The van der Waals surface area contributed by atoms with Crippen LogP contribution in [0.15, 0.2) is 36.4 Å². The summed E-state index contributed by atoms with van der Waals surface area (Å²) in [5.74, 6) is -0.842. The number of aliphatic carboxylic acids is 1. The maximum atomic E-state index is 12.0. The molecule has 100 valence electrons. The summed E-state index contributed by atoms with van der Waals surface area (Å²) in [5, 5.41) is 11.6. The van der Waals surface area contributed by atoms with Crippen molar-refractivity contribution < 1.29 is 14.7 Å². The van der Waals surface area contributed by atoms with E-state index in [4.69, 9.17) is 5.11 Å². The summed E-state index contributed by atoms with van der Waals surface area (Å²) in [4.78, 5) is 22.7. The summed E-state index contributed by atoms with van der Waals surface area (Å²) in [7, 11) is 0. The van der Waals surface area contributed by atoms with Gasteiger partial charge in [0.15, 0.2) is 0 Å². The minimum absolute atomic E-state index is 0.0109. The van der Waals surface area contributed by atoms with Gasteiger partial charge in [0, 0.05) is 11.6 Å². The van der Waals surface area contributed by atoms with Crippen LogP contribution in [-0.4, -0.2) is 17.0 Å². The van der Waals surface area contributed by atoms with Crippen molar-refractivity contribution in [2.75, 3.05) is 5.32 Å². The number of carbonyl (C=O) groups is 2. The first-order valence-corrected chi connectivity index (χ1v) is 6.42. The quantitative estimate of drug-likeness (QED) is 0.817. The Balaban J connectivity index is 2.00. The second-order valence-corrected chi connectivity index (χ2v) is 4.74. The maximum Gasteiger partial charge on any atom is 0.307 e. The molecule has 0 aromatic heterocycles. The third kappa shape index (κ3) is 3.95. The van der Waals surface area contributed by atoms with Crippen LogP contribution >= 0.6 is 0 Å². The summed E-state index contributed by atoms with van der Waals surface area (Å²) < 4.78 is 0. The van der Waals surface area contributed by atoms with E-state index < -0.39 is 5.97 Å². The molecule has 0 fully saturated rings. The summed E-state index contributed by atoms with van der Waals surface area (Å²) in [6.07, 6.45) is 6.69. The molecule has 1 aromatic carbocycles. The number of carbonyl (C=O) groups excluding carboxylic acids is 1. The smallest absolute Gasteiger partial charge is 0.307 e. The highest BCUT2D eigenvalue weighted by atomic mass is 16.4. The van der Waals surface area contributed by atoms with E-state index in [1.54, 1.807) is 24.3 Å². The predicted octanol–water partition coefficient (Wildman–Crippen LogP) is 2.61. The van der Waals surface area contributed by atoms with Gasteiger partial charge >= 0.3 is 5.97 Å². The van der Waals surface area contributed by atoms with Crippen LogP contribution < -0.4 is 5.32 Å². The summed E-state index contributed by atoms with van der Waals surface area (Å²) in [5.41, 5.74) is 1.35. The number of benzene rings is 1. The van der Waals surface area contributed by atoms with Gasteiger partial charge in [0.25, 0.3) is 0 Å². The Kier molecular flexibility index (Phi) is 4.34. The lowest BCUT2D eigenvalue weighted by Gasteiger charge is -2.17. The van der Waals surface area contributed by atoms with Crippen molar-refractivity contribution >= 4 is 17.6 Å². The molecule has 1 aromatic rings. The van der Waals surface area contributed by atoms with Crippen LogP contribution in [-0.2, 0) is 16.0 Å². The molecule has 0 heterocycles. The van der Waals surface area contributed by atoms with E-state index in [1.165, 1.54) is 0 Å². The molecular formula is C15H17NO3. The summed E-state index contributed by atoms with van der Waals surface area (Å²) in [6, 6.07) is 6.99. The van der Waals surface area contributed by atoms with Gasteiger partial charge in [0.2, 0.25) is 5.91 Å². The summed E-state index contributed by atoms with van der Waals surface area (Å²) >= 11 is 0. The van der Waals surface area contributed by atoms with E-state index in [0.717, 1.165) is 19.3 Å². The normalized spacial score (nSPS) is 18.0. The second-order valence-electron chi connectivity index (χ2n) is 4.74. The van der Waals surface area contributed by atoms with Gasteiger partial charge in [-0.15, -0.1) is 0 Å². The van der Waals surface area contributed by atoms with E-state index in [-0.39, 0.29) is 18.2 Å². The molecule has 0 bridgehead atoms. The van der Waals surface area contributed by atoms with Gasteiger partial charge in [-0.25, -0.2) is 0 Å². The number of hydrogen-bond acceptors (Lipinski definition) is 2. The number of nitrogens with one attached hydrogen (secondary N) is 1. The van der Waals surface area contributed by atoms with Gasteiger partial charge in [-0.05, 0) is 37.0 Å². The van der Waals surface area contributed by atoms with Crippen molar-refractivity contribution in [2.45, 2.75) is 25.7 Å². The molecule has 4 heteroatoms. The highest BCUT2D eigenvalue weighted by molar-refractivity contribution is 5.92. The molecule has 1 aliphatic carbocycles. The molecule has 0 saturated heterocycles. The molecular weight excluding hydrogens is 242 g/mol. The lowest BCUT2D eigenvalue weighted by Crippen LogP contribution is -2.23. The largest absolute Gasteiger partial charge is 0.481 e. The Hall–Kier alpha value is -2.10. The van der Waals surface area contributed by atoms with Crippen LogP contribution in [0.2, 0.25) is 0 Å². The molecule has 2 rings (SSSR count). The zero-order valence-electron chi connectivity index (χ0n) is 10.6. The molecule has 1 atom stereocenters. The van der Waals surface area contributed by atoms with Gasteiger partial charge in [-0.3, -0.25) is 9.59 Å². The Labute approximate surface area is 112 Å². The lowest BCUT2D eigenvalue weighted by atomic mass is 9.93. The van der Waals surface area contributed by atoms with Crippen molar-refractivity contribution in [1.82, 2.24) is 0 Å². The van der Waals surface area contributed by atoms with Crippen LogP contribution in [0, 0.1) is 5.92 Å². The van der Waals surface area contributed by atoms with E-state index in [9.17, 15) is 9.59 Å². The number of hydrogen-bond donors (Lipinski definition) is 2. The molecule has 0 radical (unpaired) electrons. The van der Waals surface area contributed by atoms with Crippen LogP contribution in [0.5, 0.6) is 0 Å². The number of carboxylic acids is 1. The van der Waals surface area contributed by atoms with Crippen LogP contribution in [0.4, 0.5) is 5.69 Å². The molecule has 0 unspecified atom stereocenters. The number of amides is 1. The van der Waals surface area contributed by atoms with Gasteiger partial charge in [-0.1, -0.05) is 24.3 Å². The molecule has 1 aliphatic rings. The number of rotatable bonds is 4. The zero-order valence-corrected chi connectivity index (χ0v) is 10.6. The predicted molar refractivity (Wildman–Crippen MR) is 72.9 cm³/mol. The highest BCUT2D eigenvalue weighted by Gasteiger charge is 2.18. The molecule has 0 aliphatic heterocycles. The zero-order chi connectivity index (χ0) is 13.7. The van der Waals surface area contributed by atoms with Crippen LogP contribution in [0.1, 0.15) is 24.8 Å². The average molecular weight is 259 g/mol. The van der Waals surface area contributed by atoms with Crippen molar-refractivity contribution in [2.24, 2.45) is 5.92 Å². The number of carboxylic acid groups (broad SMARTS) is 1. The van der Waals surface area contributed by atoms with E-state index in [1.807, 2.05) is 6.08 Å². The molecule has 0 saturated carbocycles. The van der Waals surface area contributed by atoms with Crippen molar-refractivity contribution in [3.8, 4) is 0 Å². The fraction of sp³-hybridized carbons (Fsp3) is 0.333. The topological polar surface area (TPSA) is 66.4 Å². The fourth-order valence-corrected chi connectivity index (χ4v) is 2.21. The Bertz CT molecular complexity index is 508. The highest BCUT2D eigenvalue weighted by Crippen LogP contribution is 2.20. The second kappa shape index (κ2) is 6.18. The van der Waals surface area contributed by atoms with Gasteiger partial charge in [0.1, 0.15) is 0 Å². The monoisotopic (exact) mass is 259 g/mol. The van der Waals surface area contributed by atoms with Crippen LogP contribution in [0.3, 0.4) is 0 Å². The van der Waals surface area contributed by atoms with Crippen molar-refractivity contribution in [3.05, 3.63) is 42.0 Å². The Morgan fingerprint density at radius 3 is 2.84 bits per heavy atom. The van der Waals surface area contributed by atoms with Gasteiger partial charge < -0.3 is 10.4 Å². The number of allylic oxidation sites excluding steroid dienone is 2. The lowest BCUT2D eigenvalue weighted by molar-refractivity contribution is -0.136. The molecule has 1 amide bonds. The number of anilines is 1. The van der Waals surface area contributed by atoms with Gasteiger partial charge in [-0.2, -0.15) is 0 Å². The minimum atomic E-state index is -0.874. The first kappa shape index (κ1) is 13.3. The third-order valence-electron chi connectivity index (χ3n) is 3.19. The standard InChI is InChI=1S/C15H17NO3/c17-14(18)10-11-5-4-8-13(9-11)16-15(19)12-6-2-1-3-7-12/h1-2,4-5,8-9,12H,3,6-7,10H2,(H,16,19)(H,17,18)/t12-/m1/s1. The van der Waals surface area contributed by atoms with E-state index >= 15 is 0 Å². The first-order valence-electron chi connectivity index (χ1n) is 6.42. The average Bonchev–Trinajstić information content (AvgIpc) is 2.39. The molecule has 0 spiro atoms. The Morgan fingerprint density at radius 1 is 1.32 bits per heavy atom. The maximum absolute atomic E-state index is 12.0. The molecule has 4 nitrogen and oxygen atoms in total. The minimum Gasteiger partial charge on any atom is -0.481 e. The molecule has 2 N–H and O–H groups in total. The third-order valence-corrected chi connectivity index (χ3v) is 3.19. The Morgan fingerprint density at radius 2 is 2.16 bits per heavy atom. The summed E-state index contributed by atoms with van der Waals surface area (Å²) in [6.45, 7) is 0. The first-order chi connectivity index (χ1) is 9.15. The van der Waals surface area contributed by atoms with Crippen molar-refractivity contribution in [1.29, 1.82) is 0 Å². The van der Waals surface area contributed by atoms with E-state index in [0.29, 0.717) is 11.3 Å². The van der Waals surface area contributed by atoms with Crippen molar-refractivity contribution in [3.63, 3.8) is 0 Å². The van der Waals surface area contributed by atoms with Gasteiger partial charge in [0.05, 0.1) is 6.42 Å².